The van der Waals surface area contributed by atoms with Crippen LogP contribution < -0.4 is 10.6 Å². The van der Waals surface area contributed by atoms with Crippen LogP contribution in [-0.2, 0) is 9.59 Å². The van der Waals surface area contributed by atoms with E-state index in [1.807, 2.05) is 0 Å². The number of rotatable bonds is 2. The van der Waals surface area contributed by atoms with Crippen LogP contribution in [0.25, 0.3) is 0 Å². The molecule has 0 bridgehead atoms. The van der Waals surface area contributed by atoms with Crippen molar-refractivity contribution in [1.82, 2.24) is 5.32 Å². The summed E-state index contributed by atoms with van der Waals surface area (Å²) >= 11 is 0. The van der Waals surface area contributed by atoms with Gasteiger partial charge in [0.15, 0.2) is 0 Å². The molecule has 90 valence electrons. The summed E-state index contributed by atoms with van der Waals surface area (Å²) in [4.78, 5) is 22.7. The van der Waals surface area contributed by atoms with Crippen LogP contribution in [0.1, 0.15) is 12.8 Å². The quantitative estimate of drug-likeness (QED) is 0.813. The van der Waals surface area contributed by atoms with E-state index in [1.54, 1.807) is 0 Å². The van der Waals surface area contributed by atoms with Crippen LogP contribution in [0.15, 0.2) is 24.3 Å². The van der Waals surface area contributed by atoms with Crippen LogP contribution in [0.3, 0.4) is 0 Å². The SMILES string of the molecule is O=C1CCC(C(=O)Nc2ccc(F)cc2)CN1. The summed E-state index contributed by atoms with van der Waals surface area (Å²) in [5, 5.41) is 5.34. The van der Waals surface area contributed by atoms with Crippen molar-refractivity contribution in [2.24, 2.45) is 5.92 Å². The van der Waals surface area contributed by atoms with E-state index in [0.717, 1.165) is 0 Å². The Hall–Kier alpha value is -1.91. The highest BCUT2D eigenvalue weighted by Crippen LogP contribution is 2.15. The van der Waals surface area contributed by atoms with E-state index in [9.17, 15) is 14.0 Å². The summed E-state index contributed by atoms with van der Waals surface area (Å²) in [6.07, 6.45) is 0.931. The van der Waals surface area contributed by atoms with Gasteiger partial charge in [0.2, 0.25) is 11.8 Å². The Kier molecular flexibility index (Phi) is 3.37. The van der Waals surface area contributed by atoms with Crippen LogP contribution in [0.4, 0.5) is 10.1 Å². The predicted molar refractivity (Wildman–Crippen MR) is 60.8 cm³/mol. The maximum atomic E-state index is 12.7. The molecule has 4 nitrogen and oxygen atoms in total. The van der Waals surface area contributed by atoms with Crippen molar-refractivity contribution in [1.29, 1.82) is 0 Å². The molecule has 5 heteroatoms. The van der Waals surface area contributed by atoms with Gasteiger partial charge in [0.05, 0.1) is 5.92 Å². The summed E-state index contributed by atoms with van der Waals surface area (Å²) in [6.45, 7) is 0.367. The Balaban J connectivity index is 1.92. The van der Waals surface area contributed by atoms with Crippen molar-refractivity contribution in [3.05, 3.63) is 30.1 Å². The number of hydrogen-bond acceptors (Lipinski definition) is 2. The number of nitrogens with one attached hydrogen (secondary N) is 2. The molecule has 2 amide bonds. The summed E-state index contributed by atoms with van der Waals surface area (Å²) in [5.74, 6) is -0.710. The molecule has 0 aliphatic carbocycles. The average Bonchev–Trinajstić information content (AvgIpc) is 2.33. The van der Waals surface area contributed by atoms with Crippen molar-refractivity contribution < 1.29 is 14.0 Å². The average molecular weight is 236 g/mol. The lowest BCUT2D eigenvalue weighted by atomic mass is 9.98. The molecule has 0 saturated carbocycles. The zero-order valence-electron chi connectivity index (χ0n) is 9.20. The van der Waals surface area contributed by atoms with Crippen molar-refractivity contribution in [2.45, 2.75) is 12.8 Å². The van der Waals surface area contributed by atoms with Crippen LogP contribution in [0, 0.1) is 11.7 Å². The third kappa shape index (κ3) is 3.03. The van der Waals surface area contributed by atoms with Gasteiger partial charge in [-0.05, 0) is 30.7 Å². The van der Waals surface area contributed by atoms with Gasteiger partial charge in [0.1, 0.15) is 5.82 Å². The fourth-order valence-corrected chi connectivity index (χ4v) is 1.73. The first kappa shape index (κ1) is 11.6. The van der Waals surface area contributed by atoms with Gasteiger partial charge in [-0.1, -0.05) is 0 Å². The van der Waals surface area contributed by atoms with E-state index >= 15 is 0 Å². The van der Waals surface area contributed by atoms with Gasteiger partial charge in [-0.15, -0.1) is 0 Å². The summed E-state index contributed by atoms with van der Waals surface area (Å²) in [6, 6.07) is 5.60. The van der Waals surface area contributed by atoms with Crippen LogP contribution in [-0.4, -0.2) is 18.4 Å². The molecule has 1 atom stereocenters. The molecule has 1 aliphatic rings. The first-order valence-electron chi connectivity index (χ1n) is 5.48. The Morgan fingerprint density at radius 1 is 1.35 bits per heavy atom. The smallest absolute Gasteiger partial charge is 0.229 e. The molecule has 0 spiro atoms. The van der Waals surface area contributed by atoms with E-state index in [1.165, 1.54) is 24.3 Å². The molecule has 2 rings (SSSR count). The third-order valence-corrected chi connectivity index (χ3v) is 2.75. The first-order valence-corrected chi connectivity index (χ1v) is 5.48. The summed E-state index contributed by atoms with van der Waals surface area (Å²) < 4.78 is 12.7. The molecule has 1 aromatic rings. The molecular formula is C12H13FN2O2. The largest absolute Gasteiger partial charge is 0.355 e. The Morgan fingerprint density at radius 3 is 2.65 bits per heavy atom. The molecule has 0 aromatic heterocycles. The van der Waals surface area contributed by atoms with Crippen molar-refractivity contribution in [2.75, 3.05) is 11.9 Å². The highest BCUT2D eigenvalue weighted by molar-refractivity contribution is 5.94. The van der Waals surface area contributed by atoms with E-state index in [2.05, 4.69) is 10.6 Å². The second-order valence-corrected chi connectivity index (χ2v) is 4.04. The fourth-order valence-electron chi connectivity index (χ4n) is 1.73. The van der Waals surface area contributed by atoms with E-state index in [0.29, 0.717) is 25.1 Å². The molecule has 1 aliphatic heterocycles. The second-order valence-electron chi connectivity index (χ2n) is 4.04. The number of benzene rings is 1. The number of anilines is 1. The highest BCUT2D eigenvalue weighted by atomic mass is 19.1. The van der Waals surface area contributed by atoms with E-state index in [-0.39, 0.29) is 23.5 Å². The number of hydrogen-bond donors (Lipinski definition) is 2. The Morgan fingerprint density at radius 2 is 2.06 bits per heavy atom. The maximum absolute atomic E-state index is 12.7. The maximum Gasteiger partial charge on any atom is 0.229 e. The lowest BCUT2D eigenvalue weighted by Crippen LogP contribution is -2.40. The normalized spacial score (nSPS) is 19.6. The van der Waals surface area contributed by atoms with Crippen molar-refractivity contribution in [3.63, 3.8) is 0 Å². The highest BCUT2D eigenvalue weighted by Gasteiger charge is 2.24. The van der Waals surface area contributed by atoms with Gasteiger partial charge in [0, 0.05) is 18.7 Å². The number of carbonyl (C=O) groups excluding carboxylic acids is 2. The molecule has 1 saturated heterocycles. The van der Waals surface area contributed by atoms with E-state index < -0.39 is 0 Å². The van der Waals surface area contributed by atoms with Crippen molar-refractivity contribution >= 4 is 17.5 Å². The first-order chi connectivity index (χ1) is 8.15. The van der Waals surface area contributed by atoms with Gasteiger partial charge in [-0.25, -0.2) is 4.39 Å². The number of amides is 2. The summed E-state index contributed by atoms with van der Waals surface area (Å²) in [5.41, 5.74) is 0.563. The third-order valence-electron chi connectivity index (χ3n) is 2.75. The molecule has 17 heavy (non-hydrogen) atoms. The Bertz CT molecular complexity index is 421. The lowest BCUT2D eigenvalue weighted by molar-refractivity contribution is -0.126. The summed E-state index contributed by atoms with van der Waals surface area (Å²) in [7, 11) is 0. The monoisotopic (exact) mass is 236 g/mol. The minimum absolute atomic E-state index is 0.0177. The standard InChI is InChI=1S/C12H13FN2O2/c13-9-2-4-10(5-3-9)15-12(17)8-1-6-11(16)14-7-8/h2-5,8H,1,6-7H2,(H,14,16)(H,15,17). The molecule has 1 heterocycles. The molecule has 1 unspecified atom stereocenters. The molecule has 1 aromatic carbocycles. The lowest BCUT2D eigenvalue weighted by Gasteiger charge is -2.21. The fraction of sp³-hybridized carbons (Fsp3) is 0.333. The van der Waals surface area contributed by atoms with Crippen LogP contribution in [0.2, 0.25) is 0 Å². The van der Waals surface area contributed by atoms with Crippen LogP contribution >= 0.6 is 0 Å². The number of halogens is 1. The minimum atomic E-state index is -0.340. The Labute approximate surface area is 98.2 Å². The van der Waals surface area contributed by atoms with Gasteiger partial charge < -0.3 is 10.6 Å². The van der Waals surface area contributed by atoms with E-state index in [4.69, 9.17) is 0 Å². The minimum Gasteiger partial charge on any atom is -0.355 e. The van der Waals surface area contributed by atoms with Gasteiger partial charge >= 0.3 is 0 Å². The molecule has 0 radical (unpaired) electrons. The topological polar surface area (TPSA) is 58.2 Å². The molecule has 1 fully saturated rings. The van der Waals surface area contributed by atoms with Gasteiger partial charge in [-0.2, -0.15) is 0 Å². The van der Waals surface area contributed by atoms with Gasteiger partial charge in [-0.3, -0.25) is 9.59 Å². The number of piperidine rings is 1. The zero-order chi connectivity index (χ0) is 12.3. The van der Waals surface area contributed by atoms with Gasteiger partial charge in [0.25, 0.3) is 0 Å². The number of carbonyl (C=O) groups is 2. The second kappa shape index (κ2) is 4.95. The van der Waals surface area contributed by atoms with Crippen LogP contribution in [0.5, 0.6) is 0 Å². The predicted octanol–water partition coefficient (Wildman–Crippen LogP) is 1.29. The molecule has 2 N–H and O–H groups in total. The molecular weight excluding hydrogens is 223 g/mol. The van der Waals surface area contributed by atoms with Crippen molar-refractivity contribution in [3.8, 4) is 0 Å². The zero-order valence-corrected chi connectivity index (χ0v) is 9.20.